The molecule has 0 heterocycles. The van der Waals surface area contributed by atoms with Crippen molar-refractivity contribution < 1.29 is 9.84 Å². The van der Waals surface area contributed by atoms with Gasteiger partial charge < -0.3 is 15.2 Å². The monoisotopic (exact) mass is 213 g/mol. The summed E-state index contributed by atoms with van der Waals surface area (Å²) in [5, 5.41) is 12.6. The highest BCUT2D eigenvalue weighted by Crippen LogP contribution is 2.57. The number of nitrogens with one attached hydrogen (secondary N) is 1. The molecule has 2 aliphatic carbocycles. The van der Waals surface area contributed by atoms with Crippen LogP contribution in [0.5, 0.6) is 0 Å². The van der Waals surface area contributed by atoms with Crippen molar-refractivity contribution >= 4 is 0 Å². The van der Waals surface area contributed by atoms with Crippen molar-refractivity contribution in [3.63, 3.8) is 0 Å². The van der Waals surface area contributed by atoms with Crippen molar-refractivity contribution in [3.8, 4) is 0 Å². The number of aliphatic hydroxyl groups is 1. The number of hydrogen-bond acceptors (Lipinski definition) is 3. The quantitative estimate of drug-likeness (QED) is 0.723. The Hall–Kier alpha value is -0.120. The minimum absolute atomic E-state index is 0.218. The van der Waals surface area contributed by atoms with Crippen molar-refractivity contribution in [3.05, 3.63) is 0 Å². The summed E-state index contributed by atoms with van der Waals surface area (Å²) in [4.78, 5) is 0. The number of hydrogen-bond donors (Lipinski definition) is 2. The Morgan fingerprint density at radius 1 is 1.53 bits per heavy atom. The molecule has 0 radical (unpaired) electrons. The molecule has 2 fully saturated rings. The maximum atomic E-state index is 9.04. The zero-order chi connectivity index (χ0) is 10.9. The number of rotatable bonds is 5. The van der Waals surface area contributed by atoms with Gasteiger partial charge in [-0.1, -0.05) is 6.42 Å². The summed E-state index contributed by atoms with van der Waals surface area (Å²) in [5.74, 6) is 0. The third-order valence-corrected chi connectivity index (χ3v) is 4.20. The minimum atomic E-state index is 0.218. The lowest BCUT2D eigenvalue weighted by molar-refractivity contribution is -0.175. The number of ether oxygens (including phenoxy) is 1. The van der Waals surface area contributed by atoms with Crippen LogP contribution in [-0.4, -0.2) is 36.5 Å². The Morgan fingerprint density at radius 3 is 2.73 bits per heavy atom. The van der Waals surface area contributed by atoms with E-state index < -0.39 is 0 Å². The Kier molecular flexibility index (Phi) is 3.33. The van der Waals surface area contributed by atoms with Gasteiger partial charge >= 0.3 is 0 Å². The Bertz CT molecular complexity index is 216. The third kappa shape index (κ3) is 1.81. The summed E-state index contributed by atoms with van der Waals surface area (Å²) in [6, 6.07) is 0.792. The molecule has 2 saturated carbocycles. The van der Waals surface area contributed by atoms with Crippen molar-refractivity contribution in [1.82, 2.24) is 5.32 Å². The maximum absolute atomic E-state index is 9.04. The molecule has 0 aromatic rings. The molecule has 3 nitrogen and oxygen atoms in total. The zero-order valence-electron chi connectivity index (χ0n) is 9.83. The van der Waals surface area contributed by atoms with Gasteiger partial charge in [0.1, 0.15) is 0 Å². The van der Waals surface area contributed by atoms with Gasteiger partial charge in [-0.05, 0) is 33.1 Å². The Morgan fingerprint density at radius 2 is 2.27 bits per heavy atom. The molecule has 88 valence electrons. The molecule has 0 saturated heterocycles. The van der Waals surface area contributed by atoms with E-state index in [1.165, 1.54) is 19.3 Å². The molecule has 15 heavy (non-hydrogen) atoms. The highest BCUT2D eigenvalue weighted by Gasteiger charge is 2.58. The highest BCUT2D eigenvalue weighted by atomic mass is 16.5. The number of aliphatic hydroxyl groups excluding tert-OH is 1. The molecule has 2 aliphatic rings. The molecule has 0 aromatic carbocycles. The molecule has 3 atom stereocenters. The lowest BCUT2D eigenvalue weighted by Gasteiger charge is -2.61. The fourth-order valence-corrected chi connectivity index (χ4v) is 3.07. The lowest BCUT2D eigenvalue weighted by Crippen LogP contribution is -2.68. The van der Waals surface area contributed by atoms with Crippen LogP contribution in [0.15, 0.2) is 0 Å². The molecule has 0 aliphatic heterocycles. The third-order valence-electron chi connectivity index (χ3n) is 4.20. The molecule has 3 heteroatoms. The summed E-state index contributed by atoms with van der Waals surface area (Å²) in [6.07, 6.45) is 5.54. The molecule has 0 aromatic heterocycles. The molecule has 0 bridgehead atoms. The molecule has 0 amide bonds. The van der Waals surface area contributed by atoms with Gasteiger partial charge in [-0.15, -0.1) is 0 Å². The summed E-state index contributed by atoms with van der Waals surface area (Å²) >= 11 is 0. The van der Waals surface area contributed by atoms with Crippen molar-refractivity contribution in [2.75, 3.05) is 13.2 Å². The summed E-state index contributed by atoms with van der Waals surface area (Å²) < 4.78 is 5.78. The van der Waals surface area contributed by atoms with Gasteiger partial charge in [0.05, 0.1) is 12.7 Å². The minimum Gasteiger partial charge on any atom is -0.395 e. The van der Waals surface area contributed by atoms with Crippen LogP contribution < -0.4 is 5.32 Å². The van der Waals surface area contributed by atoms with Crippen LogP contribution in [0.1, 0.15) is 39.5 Å². The average Bonchev–Trinajstić information content (AvgIpc) is 2.13. The summed E-state index contributed by atoms with van der Waals surface area (Å²) in [5.41, 5.74) is 0.416. The summed E-state index contributed by atoms with van der Waals surface area (Å²) in [7, 11) is 0. The molecule has 2 unspecified atom stereocenters. The van der Waals surface area contributed by atoms with Crippen molar-refractivity contribution in [2.24, 2.45) is 5.41 Å². The van der Waals surface area contributed by atoms with Crippen LogP contribution in [0, 0.1) is 5.41 Å². The van der Waals surface area contributed by atoms with Gasteiger partial charge in [0.2, 0.25) is 0 Å². The van der Waals surface area contributed by atoms with E-state index in [0.717, 1.165) is 13.0 Å². The molecule has 2 rings (SSSR count). The van der Waals surface area contributed by atoms with E-state index in [0.29, 0.717) is 17.6 Å². The second-order valence-electron chi connectivity index (χ2n) is 5.07. The van der Waals surface area contributed by atoms with Crippen LogP contribution in [0.25, 0.3) is 0 Å². The Balaban J connectivity index is 1.88. The predicted molar refractivity (Wildman–Crippen MR) is 59.8 cm³/mol. The van der Waals surface area contributed by atoms with Gasteiger partial charge in [-0.2, -0.15) is 0 Å². The van der Waals surface area contributed by atoms with E-state index >= 15 is 0 Å². The first kappa shape index (κ1) is 11.4. The predicted octanol–water partition coefficient (Wildman–Crippen LogP) is 1.30. The zero-order valence-corrected chi connectivity index (χ0v) is 9.83. The van der Waals surface area contributed by atoms with Crippen LogP contribution in [0.2, 0.25) is 0 Å². The van der Waals surface area contributed by atoms with E-state index in [4.69, 9.17) is 9.84 Å². The summed E-state index contributed by atoms with van der Waals surface area (Å²) in [6.45, 7) is 5.17. The van der Waals surface area contributed by atoms with Crippen molar-refractivity contribution in [1.29, 1.82) is 0 Å². The smallest absolute Gasteiger partial charge is 0.0661 e. The first-order chi connectivity index (χ1) is 7.23. The molecular weight excluding hydrogens is 190 g/mol. The largest absolute Gasteiger partial charge is 0.395 e. The first-order valence-electron chi connectivity index (χ1n) is 6.21. The van der Waals surface area contributed by atoms with E-state index in [9.17, 15) is 0 Å². The molecule has 1 spiro atoms. The second kappa shape index (κ2) is 4.40. The van der Waals surface area contributed by atoms with Gasteiger partial charge in [0, 0.05) is 24.1 Å². The second-order valence-corrected chi connectivity index (χ2v) is 5.07. The topological polar surface area (TPSA) is 41.5 Å². The van der Waals surface area contributed by atoms with Gasteiger partial charge in [-0.3, -0.25) is 0 Å². The standard InChI is InChI=1S/C12H23NO2/c1-3-15-11-7-10(13-9(2)8-14)12(11)5-4-6-12/h9-11,13-14H,3-8H2,1-2H3/t9-,10?,11?/m1/s1. The lowest BCUT2D eigenvalue weighted by atomic mass is 9.51. The Labute approximate surface area is 92.2 Å². The van der Waals surface area contributed by atoms with E-state index in [-0.39, 0.29) is 12.6 Å². The molecule has 2 N–H and O–H groups in total. The van der Waals surface area contributed by atoms with E-state index in [2.05, 4.69) is 12.2 Å². The fourth-order valence-electron chi connectivity index (χ4n) is 3.07. The highest BCUT2D eigenvalue weighted by molar-refractivity contribution is 5.12. The SMILES string of the molecule is CCOC1CC(N[C@H](C)CO)C12CCC2. The van der Waals surface area contributed by atoms with Crippen LogP contribution >= 0.6 is 0 Å². The van der Waals surface area contributed by atoms with Crippen molar-refractivity contribution in [2.45, 2.75) is 57.7 Å². The fraction of sp³-hybridized carbons (Fsp3) is 1.00. The van der Waals surface area contributed by atoms with Crippen LogP contribution in [0.4, 0.5) is 0 Å². The average molecular weight is 213 g/mol. The van der Waals surface area contributed by atoms with Gasteiger partial charge in [0.15, 0.2) is 0 Å². The normalized spacial score (nSPS) is 34.6. The molecular formula is C12H23NO2. The van der Waals surface area contributed by atoms with Gasteiger partial charge in [-0.25, -0.2) is 0 Å². The van der Waals surface area contributed by atoms with Crippen LogP contribution in [-0.2, 0) is 4.74 Å². The van der Waals surface area contributed by atoms with E-state index in [1.54, 1.807) is 0 Å². The van der Waals surface area contributed by atoms with Gasteiger partial charge in [0.25, 0.3) is 0 Å². The van der Waals surface area contributed by atoms with E-state index in [1.807, 2.05) is 6.92 Å². The first-order valence-corrected chi connectivity index (χ1v) is 6.21. The maximum Gasteiger partial charge on any atom is 0.0661 e. The van der Waals surface area contributed by atoms with Crippen LogP contribution in [0.3, 0.4) is 0 Å².